The van der Waals surface area contributed by atoms with E-state index in [-0.39, 0.29) is 6.04 Å². The maximum absolute atomic E-state index is 5.35. The average molecular weight is 718 g/mol. The molecule has 1 atom stereocenters. The monoisotopic (exact) mass is 717 g/mol. The van der Waals surface area contributed by atoms with Gasteiger partial charge in [-0.15, -0.1) is 0 Å². The van der Waals surface area contributed by atoms with Crippen molar-refractivity contribution in [3.05, 3.63) is 194 Å². The minimum atomic E-state index is 0.162. The Bertz CT molecular complexity index is 3030. The zero-order chi connectivity index (χ0) is 37.0. The van der Waals surface area contributed by atoms with Crippen LogP contribution >= 0.6 is 0 Å². The molecule has 0 saturated carbocycles. The Morgan fingerprint density at radius 3 is 1.45 bits per heavy atom. The van der Waals surface area contributed by atoms with E-state index < -0.39 is 0 Å². The fourth-order valence-corrected chi connectivity index (χ4v) is 8.45. The van der Waals surface area contributed by atoms with Crippen LogP contribution in [0.25, 0.3) is 94.6 Å². The van der Waals surface area contributed by atoms with E-state index in [0.29, 0.717) is 17.6 Å². The summed E-state index contributed by atoms with van der Waals surface area (Å²) >= 11 is 0. The van der Waals surface area contributed by atoms with Gasteiger partial charge in [0.25, 0.3) is 0 Å². The normalized spacial score (nSPS) is 14.0. The molecular weight excluding hydrogens is 683 g/mol. The number of fused-ring (bicyclic) bond motifs is 7. The van der Waals surface area contributed by atoms with Gasteiger partial charge >= 0.3 is 0 Å². The molecule has 0 fully saturated rings. The van der Waals surface area contributed by atoms with Crippen molar-refractivity contribution in [2.75, 3.05) is 0 Å². The van der Waals surface area contributed by atoms with Crippen LogP contribution in [0.15, 0.2) is 194 Å². The van der Waals surface area contributed by atoms with Crippen LogP contribution in [-0.2, 0) is 0 Å². The lowest BCUT2D eigenvalue weighted by atomic mass is 10.0. The van der Waals surface area contributed by atoms with E-state index in [1.165, 1.54) is 32.9 Å². The van der Waals surface area contributed by atoms with E-state index in [1.54, 1.807) is 0 Å². The van der Waals surface area contributed by atoms with E-state index in [1.807, 2.05) is 12.1 Å². The maximum atomic E-state index is 5.35. The molecule has 0 saturated heterocycles. The van der Waals surface area contributed by atoms with Gasteiger partial charge < -0.3 is 4.57 Å². The van der Waals surface area contributed by atoms with Gasteiger partial charge in [0.05, 0.1) is 22.6 Å². The molecule has 0 bridgehead atoms. The molecule has 1 unspecified atom stereocenters. The van der Waals surface area contributed by atoms with Crippen LogP contribution in [0.2, 0.25) is 0 Å². The predicted molar refractivity (Wildman–Crippen MR) is 231 cm³/mol. The first kappa shape index (κ1) is 32.1. The van der Waals surface area contributed by atoms with Crippen molar-refractivity contribution in [1.29, 1.82) is 0 Å². The lowest BCUT2D eigenvalue weighted by molar-refractivity contribution is 0.648. The fourth-order valence-electron chi connectivity index (χ4n) is 8.45. The van der Waals surface area contributed by atoms with Crippen molar-refractivity contribution in [2.24, 2.45) is 0 Å². The summed E-state index contributed by atoms with van der Waals surface area (Å²) in [7, 11) is 0. The zero-order valence-electron chi connectivity index (χ0n) is 30.5. The Morgan fingerprint density at radius 1 is 0.393 bits per heavy atom. The molecule has 5 heteroatoms. The first-order valence-electron chi connectivity index (χ1n) is 19.1. The molecule has 0 aliphatic heterocycles. The highest BCUT2D eigenvalue weighted by Crippen LogP contribution is 2.42. The third-order valence-corrected chi connectivity index (χ3v) is 11.1. The molecule has 0 amide bonds. The summed E-state index contributed by atoms with van der Waals surface area (Å²) in [5, 5.41) is 4.76. The van der Waals surface area contributed by atoms with Gasteiger partial charge in [-0.3, -0.25) is 4.57 Å². The van der Waals surface area contributed by atoms with Crippen molar-refractivity contribution in [2.45, 2.75) is 12.5 Å². The summed E-state index contributed by atoms with van der Waals surface area (Å²) in [6.45, 7) is 0. The highest BCUT2D eigenvalue weighted by molar-refractivity contribution is 6.23. The van der Waals surface area contributed by atoms with Gasteiger partial charge in [-0.05, 0) is 40.8 Å². The van der Waals surface area contributed by atoms with Crippen LogP contribution in [0, 0.1) is 0 Å². The largest absolute Gasteiger partial charge is 0.331 e. The molecule has 0 N–H and O–H groups in total. The number of hydrogen-bond donors (Lipinski definition) is 0. The number of rotatable bonds is 6. The van der Waals surface area contributed by atoms with Gasteiger partial charge in [-0.1, -0.05) is 182 Å². The van der Waals surface area contributed by atoms with Crippen LogP contribution in [0.1, 0.15) is 12.5 Å². The quantitative estimate of drug-likeness (QED) is 0.172. The van der Waals surface area contributed by atoms with E-state index in [4.69, 9.17) is 15.0 Å². The van der Waals surface area contributed by atoms with Crippen molar-refractivity contribution in [3.8, 4) is 51.0 Å². The second-order valence-corrected chi connectivity index (χ2v) is 14.4. The number of nitrogens with zero attached hydrogens (tertiary/aromatic N) is 5. The molecule has 0 radical (unpaired) electrons. The predicted octanol–water partition coefficient (Wildman–Crippen LogP) is 12.8. The third kappa shape index (κ3) is 5.28. The zero-order valence-corrected chi connectivity index (χ0v) is 30.5. The first-order valence-corrected chi connectivity index (χ1v) is 19.1. The Labute approximate surface area is 324 Å². The molecular formula is C51H35N5. The lowest BCUT2D eigenvalue weighted by Crippen LogP contribution is -2.09. The minimum absolute atomic E-state index is 0.162. The fraction of sp³-hybridized carbons (Fsp3) is 0.0392. The summed E-state index contributed by atoms with van der Waals surface area (Å²) in [5.74, 6) is 1.82. The first-order chi connectivity index (χ1) is 27.8. The summed E-state index contributed by atoms with van der Waals surface area (Å²) < 4.78 is 4.80. The highest BCUT2D eigenvalue weighted by atomic mass is 15.2. The van der Waals surface area contributed by atoms with Crippen LogP contribution in [0.3, 0.4) is 0 Å². The highest BCUT2D eigenvalue weighted by Gasteiger charge is 2.25. The van der Waals surface area contributed by atoms with Gasteiger partial charge in [0.15, 0.2) is 11.6 Å². The molecule has 10 aromatic rings. The number of hydrogen-bond acceptors (Lipinski definition) is 3. The van der Waals surface area contributed by atoms with Crippen LogP contribution < -0.4 is 0 Å². The molecule has 0 spiro atoms. The molecule has 11 rings (SSSR count). The summed E-state index contributed by atoms with van der Waals surface area (Å²) in [5.41, 5.74) is 11.0. The van der Waals surface area contributed by atoms with Gasteiger partial charge in [0.2, 0.25) is 5.95 Å². The number of aromatic nitrogens is 5. The maximum Gasteiger partial charge on any atom is 0.238 e. The van der Waals surface area contributed by atoms with Gasteiger partial charge in [0, 0.05) is 38.2 Å². The Kier molecular flexibility index (Phi) is 7.56. The number of para-hydroxylation sites is 2. The van der Waals surface area contributed by atoms with Crippen LogP contribution in [0.4, 0.5) is 0 Å². The van der Waals surface area contributed by atoms with Crippen LogP contribution in [0.5, 0.6) is 0 Å². The molecule has 56 heavy (non-hydrogen) atoms. The molecule has 5 nitrogen and oxygen atoms in total. The molecule has 3 heterocycles. The standard InChI is InChI=1S/C51H35N5/c1-4-14-34(15-5-1)36-24-28-38(29-25-36)49-52-50(39-30-26-37(27-31-39)35-16-6-2-7-17-35)54-51(53-49)56-46-23-13-11-21-42(46)44-33-32-43-41-20-10-12-22-45(41)55(47(43)48(44)56)40-18-8-3-9-19-40/h1-18,20-33,40H,19H2. The number of benzene rings is 7. The molecule has 1 aliphatic carbocycles. The smallest absolute Gasteiger partial charge is 0.238 e. The molecule has 1 aliphatic rings. The SMILES string of the molecule is C1=CCC(n2c3ccccc3c3ccc4c5ccccc5n(-c5nc(-c6ccc(-c7ccccc7)cc6)nc(-c6ccc(-c7ccccc7)cc6)n5)c4c32)C=C1. The summed E-state index contributed by atoms with van der Waals surface area (Å²) in [6, 6.07) is 60.1. The van der Waals surface area contributed by atoms with Crippen molar-refractivity contribution >= 4 is 43.6 Å². The second-order valence-electron chi connectivity index (χ2n) is 14.4. The van der Waals surface area contributed by atoms with Crippen molar-refractivity contribution < 1.29 is 0 Å². The van der Waals surface area contributed by atoms with Crippen LogP contribution in [-0.4, -0.2) is 24.1 Å². The molecule has 7 aromatic carbocycles. The van der Waals surface area contributed by atoms with E-state index >= 15 is 0 Å². The topological polar surface area (TPSA) is 48.5 Å². The van der Waals surface area contributed by atoms with Crippen molar-refractivity contribution in [1.82, 2.24) is 24.1 Å². The van der Waals surface area contributed by atoms with Crippen molar-refractivity contribution in [3.63, 3.8) is 0 Å². The summed E-state index contributed by atoms with van der Waals surface area (Å²) in [4.78, 5) is 15.9. The molecule has 264 valence electrons. The van der Waals surface area contributed by atoms with Gasteiger partial charge in [0.1, 0.15) is 0 Å². The van der Waals surface area contributed by atoms with E-state index in [9.17, 15) is 0 Å². The Hall–Kier alpha value is -7.37. The lowest BCUT2D eigenvalue weighted by Gasteiger charge is -2.19. The van der Waals surface area contributed by atoms with Gasteiger partial charge in [-0.25, -0.2) is 4.98 Å². The molecule has 3 aromatic heterocycles. The second kappa shape index (κ2) is 13.2. The summed E-state index contributed by atoms with van der Waals surface area (Å²) in [6.07, 6.45) is 9.80. The van der Waals surface area contributed by atoms with Gasteiger partial charge in [-0.2, -0.15) is 9.97 Å². The average Bonchev–Trinajstić information content (AvgIpc) is 3.80. The van der Waals surface area contributed by atoms with E-state index in [0.717, 1.165) is 50.5 Å². The Morgan fingerprint density at radius 2 is 0.875 bits per heavy atom. The third-order valence-electron chi connectivity index (χ3n) is 11.1. The minimum Gasteiger partial charge on any atom is -0.331 e. The number of allylic oxidation sites excluding steroid dienone is 4. The van der Waals surface area contributed by atoms with E-state index in [2.05, 4.69) is 191 Å². The Balaban J connectivity index is 1.19.